The van der Waals surface area contributed by atoms with Gasteiger partial charge >= 0.3 is 0 Å². The molecule has 106 valence electrons. The molecule has 0 spiro atoms. The SMILES string of the molecule is CCCNc1nc(C2CCCO2)nc(CCC)c1I. The first-order valence-corrected chi connectivity index (χ1v) is 8.25. The first-order valence-electron chi connectivity index (χ1n) is 7.18. The molecule has 0 radical (unpaired) electrons. The molecule has 0 aromatic carbocycles. The molecule has 5 heteroatoms. The van der Waals surface area contributed by atoms with E-state index in [0.29, 0.717) is 0 Å². The highest BCUT2D eigenvalue weighted by atomic mass is 127. The van der Waals surface area contributed by atoms with Crippen LogP contribution in [0.25, 0.3) is 0 Å². The molecule has 2 heterocycles. The molecule has 1 aliphatic rings. The van der Waals surface area contributed by atoms with Crippen LogP contribution in [-0.2, 0) is 11.2 Å². The molecule has 1 N–H and O–H groups in total. The number of nitrogens with zero attached hydrogens (tertiary/aromatic N) is 2. The van der Waals surface area contributed by atoms with E-state index in [1.54, 1.807) is 0 Å². The van der Waals surface area contributed by atoms with Crippen LogP contribution in [0.2, 0.25) is 0 Å². The maximum Gasteiger partial charge on any atom is 0.159 e. The molecule has 0 aliphatic carbocycles. The summed E-state index contributed by atoms with van der Waals surface area (Å²) < 4.78 is 6.88. The second-order valence-electron chi connectivity index (χ2n) is 4.87. The van der Waals surface area contributed by atoms with Gasteiger partial charge in [-0.2, -0.15) is 0 Å². The number of aromatic nitrogens is 2. The molecule has 1 saturated heterocycles. The zero-order valence-corrected chi connectivity index (χ0v) is 13.9. The summed E-state index contributed by atoms with van der Waals surface area (Å²) in [6.45, 7) is 6.13. The Hall–Kier alpha value is -0.430. The van der Waals surface area contributed by atoms with Crippen molar-refractivity contribution < 1.29 is 4.74 Å². The number of nitrogens with one attached hydrogen (secondary N) is 1. The van der Waals surface area contributed by atoms with Crippen molar-refractivity contribution in [1.29, 1.82) is 0 Å². The van der Waals surface area contributed by atoms with Crippen LogP contribution in [0, 0.1) is 3.57 Å². The van der Waals surface area contributed by atoms with E-state index in [9.17, 15) is 0 Å². The van der Waals surface area contributed by atoms with Crippen molar-refractivity contribution in [3.05, 3.63) is 15.1 Å². The number of hydrogen-bond acceptors (Lipinski definition) is 4. The third-order valence-electron chi connectivity index (χ3n) is 3.18. The van der Waals surface area contributed by atoms with Gasteiger partial charge in [0.1, 0.15) is 11.9 Å². The van der Waals surface area contributed by atoms with Gasteiger partial charge in [-0.1, -0.05) is 20.3 Å². The van der Waals surface area contributed by atoms with Gasteiger partial charge in [-0.25, -0.2) is 9.97 Å². The largest absolute Gasteiger partial charge is 0.370 e. The number of hydrogen-bond donors (Lipinski definition) is 1. The van der Waals surface area contributed by atoms with E-state index in [1.165, 1.54) is 0 Å². The van der Waals surface area contributed by atoms with E-state index < -0.39 is 0 Å². The summed E-state index contributed by atoms with van der Waals surface area (Å²) in [7, 11) is 0. The van der Waals surface area contributed by atoms with Gasteiger partial charge in [-0.05, 0) is 48.3 Å². The lowest BCUT2D eigenvalue weighted by atomic mass is 10.2. The molecule has 1 aromatic rings. The highest BCUT2D eigenvalue weighted by Gasteiger charge is 2.23. The minimum Gasteiger partial charge on any atom is -0.370 e. The normalized spacial score (nSPS) is 18.8. The molecule has 0 saturated carbocycles. The van der Waals surface area contributed by atoms with Crippen molar-refractivity contribution in [1.82, 2.24) is 9.97 Å². The molecule has 0 amide bonds. The fourth-order valence-corrected chi connectivity index (χ4v) is 2.90. The highest BCUT2D eigenvalue weighted by molar-refractivity contribution is 14.1. The summed E-state index contributed by atoms with van der Waals surface area (Å²) in [4.78, 5) is 9.41. The first kappa shape index (κ1) is 15.0. The maximum absolute atomic E-state index is 5.72. The molecule has 19 heavy (non-hydrogen) atoms. The molecule has 0 bridgehead atoms. The highest BCUT2D eigenvalue weighted by Crippen LogP contribution is 2.29. The molecule has 1 aliphatic heterocycles. The third-order valence-corrected chi connectivity index (χ3v) is 4.32. The summed E-state index contributed by atoms with van der Waals surface area (Å²) in [5.74, 6) is 1.84. The Balaban J connectivity index is 2.29. The fraction of sp³-hybridized carbons (Fsp3) is 0.714. The Morgan fingerprint density at radius 3 is 2.79 bits per heavy atom. The van der Waals surface area contributed by atoms with Crippen molar-refractivity contribution in [2.45, 2.75) is 52.1 Å². The molecule has 1 aromatic heterocycles. The number of anilines is 1. The topological polar surface area (TPSA) is 47.0 Å². The van der Waals surface area contributed by atoms with Crippen molar-refractivity contribution >= 4 is 28.4 Å². The predicted molar refractivity (Wildman–Crippen MR) is 85.5 cm³/mol. The van der Waals surface area contributed by atoms with Gasteiger partial charge in [0.2, 0.25) is 0 Å². The second-order valence-corrected chi connectivity index (χ2v) is 5.95. The van der Waals surface area contributed by atoms with Gasteiger partial charge in [0.15, 0.2) is 5.82 Å². The second kappa shape index (κ2) is 7.38. The van der Waals surface area contributed by atoms with Crippen LogP contribution in [0.4, 0.5) is 5.82 Å². The first-order chi connectivity index (χ1) is 9.26. The minimum atomic E-state index is 0.0924. The summed E-state index contributed by atoms with van der Waals surface area (Å²) in [5, 5.41) is 3.41. The van der Waals surface area contributed by atoms with Gasteiger partial charge in [-0.15, -0.1) is 0 Å². The average Bonchev–Trinajstić information content (AvgIpc) is 2.94. The van der Waals surface area contributed by atoms with Gasteiger partial charge in [0.25, 0.3) is 0 Å². The number of aryl methyl sites for hydroxylation is 1. The monoisotopic (exact) mass is 375 g/mol. The van der Waals surface area contributed by atoms with Crippen molar-refractivity contribution in [3.63, 3.8) is 0 Å². The quantitative estimate of drug-likeness (QED) is 0.771. The number of rotatable bonds is 6. The van der Waals surface area contributed by atoms with Gasteiger partial charge in [-0.3, -0.25) is 0 Å². The van der Waals surface area contributed by atoms with Crippen molar-refractivity contribution in [2.24, 2.45) is 0 Å². The summed E-state index contributed by atoms with van der Waals surface area (Å²) in [6, 6.07) is 0. The lowest BCUT2D eigenvalue weighted by molar-refractivity contribution is 0.105. The smallest absolute Gasteiger partial charge is 0.159 e. The molecular formula is C14H22IN3O. The molecule has 4 nitrogen and oxygen atoms in total. The lowest BCUT2D eigenvalue weighted by Gasteiger charge is -2.15. The van der Waals surface area contributed by atoms with E-state index in [4.69, 9.17) is 9.72 Å². The lowest BCUT2D eigenvalue weighted by Crippen LogP contribution is -2.13. The van der Waals surface area contributed by atoms with E-state index in [0.717, 1.165) is 66.2 Å². The summed E-state index contributed by atoms with van der Waals surface area (Å²) in [6.07, 6.45) is 5.44. The van der Waals surface area contributed by atoms with E-state index >= 15 is 0 Å². The summed E-state index contributed by atoms with van der Waals surface area (Å²) in [5.41, 5.74) is 1.15. The van der Waals surface area contributed by atoms with Crippen LogP contribution >= 0.6 is 22.6 Å². The van der Waals surface area contributed by atoms with Crippen LogP contribution in [-0.4, -0.2) is 23.1 Å². The minimum absolute atomic E-state index is 0.0924. The van der Waals surface area contributed by atoms with Gasteiger partial charge in [0, 0.05) is 13.2 Å². The van der Waals surface area contributed by atoms with E-state index in [2.05, 4.69) is 46.7 Å². The molecule has 1 unspecified atom stereocenters. The molecule has 1 atom stereocenters. The Morgan fingerprint density at radius 2 is 2.16 bits per heavy atom. The van der Waals surface area contributed by atoms with E-state index in [-0.39, 0.29) is 6.10 Å². The van der Waals surface area contributed by atoms with Crippen molar-refractivity contribution in [2.75, 3.05) is 18.5 Å². The zero-order valence-electron chi connectivity index (χ0n) is 11.7. The zero-order chi connectivity index (χ0) is 13.7. The number of halogens is 1. The Labute approximate surface area is 128 Å². The van der Waals surface area contributed by atoms with Gasteiger partial charge in [0.05, 0.1) is 9.26 Å². The summed E-state index contributed by atoms with van der Waals surface area (Å²) >= 11 is 2.36. The predicted octanol–water partition coefficient (Wildman–Crippen LogP) is 3.71. The van der Waals surface area contributed by atoms with Crippen LogP contribution in [0.3, 0.4) is 0 Å². The van der Waals surface area contributed by atoms with E-state index in [1.807, 2.05) is 0 Å². The Kier molecular flexibility index (Phi) is 5.81. The Morgan fingerprint density at radius 1 is 1.32 bits per heavy atom. The third kappa shape index (κ3) is 3.78. The molecule has 1 fully saturated rings. The van der Waals surface area contributed by atoms with Crippen LogP contribution in [0.1, 0.15) is 57.2 Å². The van der Waals surface area contributed by atoms with Gasteiger partial charge < -0.3 is 10.1 Å². The molecule has 2 rings (SSSR count). The fourth-order valence-electron chi connectivity index (χ4n) is 2.20. The average molecular weight is 375 g/mol. The number of ether oxygens (including phenoxy) is 1. The standard InChI is InChI=1S/C14H22IN3O/c1-3-6-10-12(15)14(16-8-4-2)18-13(17-10)11-7-5-9-19-11/h11H,3-9H2,1-2H3,(H,16,17,18). The van der Waals surface area contributed by atoms with Crippen molar-refractivity contribution in [3.8, 4) is 0 Å². The maximum atomic E-state index is 5.72. The van der Waals surface area contributed by atoms with Crippen LogP contribution in [0.15, 0.2) is 0 Å². The molecular weight excluding hydrogens is 353 g/mol. The Bertz CT molecular complexity index is 419. The van der Waals surface area contributed by atoms with Crippen LogP contribution < -0.4 is 5.32 Å². The van der Waals surface area contributed by atoms with Crippen LogP contribution in [0.5, 0.6) is 0 Å².